The number of hydrogen-bond acceptors (Lipinski definition) is 5. The molecule has 2 aromatic heterocycles. The third kappa shape index (κ3) is 4.81. The molecule has 29 heavy (non-hydrogen) atoms. The normalized spacial score (nSPS) is 15.4. The van der Waals surface area contributed by atoms with Crippen LogP contribution in [-0.2, 0) is 6.54 Å². The van der Waals surface area contributed by atoms with Gasteiger partial charge in [0.15, 0.2) is 0 Å². The Balaban J connectivity index is 1.33. The molecule has 0 aliphatic carbocycles. The van der Waals surface area contributed by atoms with Crippen LogP contribution in [0.5, 0.6) is 0 Å². The Kier molecular flexibility index (Phi) is 5.87. The highest BCUT2D eigenvalue weighted by molar-refractivity contribution is 6.30. The summed E-state index contributed by atoms with van der Waals surface area (Å²) in [5, 5.41) is 8.11. The number of aromatic nitrogens is 4. The first kappa shape index (κ1) is 19.5. The van der Waals surface area contributed by atoms with Crippen molar-refractivity contribution in [2.24, 2.45) is 0 Å². The number of carbonyl (C=O) groups excluding carboxylic acids is 1. The van der Waals surface area contributed by atoms with Crippen LogP contribution in [0.3, 0.4) is 0 Å². The minimum atomic E-state index is -0.232. The lowest BCUT2D eigenvalue weighted by Gasteiger charge is -2.31. The van der Waals surface area contributed by atoms with Crippen LogP contribution in [0.4, 0.5) is 0 Å². The van der Waals surface area contributed by atoms with Crippen molar-refractivity contribution in [1.29, 1.82) is 0 Å². The molecule has 0 atom stereocenters. The number of nitrogens with one attached hydrogen (secondary N) is 1. The molecular weight excluding hydrogens is 388 g/mol. The first-order chi connectivity index (χ1) is 14.1. The van der Waals surface area contributed by atoms with Crippen LogP contribution < -0.4 is 5.32 Å². The molecule has 1 aliphatic rings. The molecule has 1 fully saturated rings. The van der Waals surface area contributed by atoms with E-state index in [4.69, 9.17) is 11.6 Å². The predicted molar refractivity (Wildman–Crippen MR) is 111 cm³/mol. The molecule has 0 radical (unpaired) electrons. The molecule has 0 saturated carbocycles. The summed E-state index contributed by atoms with van der Waals surface area (Å²) in [6, 6.07) is 13.4. The Morgan fingerprint density at radius 3 is 2.62 bits per heavy atom. The summed E-state index contributed by atoms with van der Waals surface area (Å²) in [6.45, 7) is 4.52. The molecule has 7 nitrogen and oxygen atoms in total. The van der Waals surface area contributed by atoms with Gasteiger partial charge in [-0.05, 0) is 56.2 Å². The van der Waals surface area contributed by atoms with Crippen molar-refractivity contribution in [3.63, 3.8) is 0 Å². The fourth-order valence-corrected chi connectivity index (χ4v) is 3.65. The Labute approximate surface area is 174 Å². The molecule has 1 amide bonds. The van der Waals surface area contributed by atoms with E-state index in [2.05, 4.69) is 25.3 Å². The number of nitrogens with zero attached hydrogens (tertiary/aromatic N) is 5. The van der Waals surface area contributed by atoms with Crippen LogP contribution in [0.25, 0.3) is 5.69 Å². The molecule has 3 heterocycles. The summed E-state index contributed by atoms with van der Waals surface area (Å²) in [6.07, 6.45) is 3.62. The maximum Gasteiger partial charge on any atom is 0.291 e. The zero-order chi connectivity index (χ0) is 20.2. The highest BCUT2D eigenvalue weighted by Gasteiger charge is 2.23. The summed E-state index contributed by atoms with van der Waals surface area (Å²) >= 11 is 5.94. The largest absolute Gasteiger partial charge is 0.346 e. The van der Waals surface area contributed by atoms with Gasteiger partial charge in [-0.25, -0.2) is 9.67 Å². The predicted octanol–water partition coefficient (Wildman–Crippen LogP) is 3.02. The van der Waals surface area contributed by atoms with Gasteiger partial charge in [0.2, 0.25) is 5.82 Å². The minimum Gasteiger partial charge on any atom is -0.346 e. The van der Waals surface area contributed by atoms with E-state index in [-0.39, 0.29) is 17.8 Å². The van der Waals surface area contributed by atoms with Crippen molar-refractivity contribution in [1.82, 2.24) is 30.0 Å². The average Bonchev–Trinajstić information content (AvgIpc) is 3.13. The summed E-state index contributed by atoms with van der Waals surface area (Å²) < 4.78 is 1.65. The van der Waals surface area contributed by atoms with Crippen molar-refractivity contribution in [2.45, 2.75) is 32.4 Å². The molecule has 1 N–H and O–H groups in total. The summed E-state index contributed by atoms with van der Waals surface area (Å²) in [7, 11) is 0. The first-order valence-corrected chi connectivity index (χ1v) is 10.1. The number of piperidine rings is 1. The van der Waals surface area contributed by atoms with Crippen molar-refractivity contribution in [3.8, 4) is 5.69 Å². The van der Waals surface area contributed by atoms with Gasteiger partial charge < -0.3 is 5.32 Å². The molecule has 0 unspecified atom stereocenters. The van der Waals surface area contributed by atoms with Crippen LogP contribution in [0.15, 0.2) is 48.7 Å². The lowest BCUT2D eigenvalue weighted by molar-refractivity contribution is 0.0898. The number of likely N-dealkylation sites (tertiary alicyclic amines) is 1. The highest BCUT2D eigenvalue weighted by Crippen LogP contribution is 2.16. The van der Waals surface area contributed by atoms with Gasteiger partial charge in [-0.2, -0.15) is 0 Å². The molecule has 1 aliphatic heterocycles. The van der Waals surface area contributed by atoms with E-state index >= 15 is 0 Å². The first-order valence-electron chi connectivity index (χ1n) is 9.71. The fourth-order valence-electron chi connectivity index (χ4n) is 3.52. The molecule has 1 saturated heterocycles. The number of rotatable bonds is 5. The summed E-state index contributed by atoms with van der Waals surface area (Å²) in [4.78, 5) is 23.7. The maximum absolute atomic E-state index is 12.6. The SMILES string of the molecule is Cc1nc(C(=O)NC2CCN(Cc3ccccn3)CC2)nn1-c1ccc(Cl)cc1. The quantitative estimate of drug-likeness (QED) is 0.699. The van der Waals surface area contributed by atoms with Crippen molar-refractivity contribution in [2.75, 3.05) is 13.1 Å². The van der Waals surface area contributed by atoms with Crippen LogP contribution in [0.2, 0.25) is 5.02 Å². The molecule has 0 spiro atoms. The number of benzene rings is 1. The summed E-state index contributed by atoms with van der Waals surface area (Å²) in [5.74, 6) is 0.611. The topological polar surface area (TPSA) is 75.9 Å². The smallest absolute Gasteiger partial charge is 0.291 e. The van der Waals surface area contributed by atoms with E-state index in [1.165, 1.54) is 0 Å². The zero-order valence-corrected chi connectivity index (χ0v) is 17.0. The van der Waals surface area contributed by atoms with Crippen molar-refractivity contribution in [3.05, 3.63) is 71.0 Å². The Morgan fingerprint density at radius 1 is 1.17 bits per heavy atom. The van der Waals surface area contributed by atoms with E-state index in [0.29, 0.717) is 10.8 Å². The van der Waals surface area contributed by atoms with Gasteiger partial charge in [-0.1, -0.05) is 17.7 Å². The lowest BCUT2D eigenvalue weighted by atomic mass is 10.0. The number of hydrogen-bond donors (Lipinski definition) is 1. The minimum absolute atomic E-state index is 0.130. The molecule has 0 bridgehead atoms. The molecule has 4 rings (SSSR count). The van der Waals surface area contributed by atoms with Gasteiger partial charge in [0.05, 0.1) is 11.4 Å². The van der Waals surface area contributed by atoms with Gasteiger partial charge in [-0.15, -0.1) is 5.10 Å². The Hall–Kier alpha value is -2.77. The van der Waals surface area contributed by atoms with E-state index in [1.54, 1.807) is 16.8 Å². The van der Waals surface area contributed by atoms with E-state index in [9.17, 15) is 4.79 Å². The zero-order valence-electron chi connectivity index (χ0n) is 16.3. The summed E-state index contributed by atoms with van der Waals surface area (Å²) in [5.41, 5.74) is 1.89. The number of pyridine rings is 1. The van der Waals surface area contributed by atoms with E-state index < -0.39 is 0 Å². The number of carbonyl (C=O) groups is 1. The van der Waals surface area contributed by atoms with E-state index in [0.717, 1.165) is 43.9 Å². The van der Waals surface area contributed by atoms with Gasteiger partial charge >= 0.3 is 0 Å². The van der Waals surface area contributed by atoms with Crippen LogP contribution >= 0.6 is 11.6 Å². The van der Waals surface area contributed by atoms with Gasteiger partial charge in [0.25, 0.3) is 5.91 Å². The second kappa shape index (κ2) is 8.71. The number of amides is 1. The number of halogens is 1. The second-order valence-corrected chi connectivity index (χ2v) is 7.65. The lowest BCUT2D eigenvalue weighted by Crippen LogP contribution is -2.44. The molecule has 1 aromatic carbocycles. The van der Waals surface area contributed by atoms with Gasteiger partial charge in [0, 0.05) is 36.9 Å². The molecule has 3 aromatic rings. The van der Waals surface area contributed by atoms with Crippen LogP contribution in [0.1, 0.15) is 35.0 Å². The van der Waals surface area contributed by atoms with Crippen LogP contribution in [0, 0.1) is 6.92 Å². The third-order valence-electron chi connectivity index (χ3n) is 5.08. The molecular formula is C21H23ClN6O. The standard InChI is InChI=1S/C21H23ClN6O/c1-15-24-20(26-28(15)19-7-5-16(22)6-8-19)21(29)25-17-9-12-27(13-10-17)14-18-4-2-3-11-23-18/h2-8,11,17H,9-10,12-14H2,1H3,(H,25,29). The molecule has 150 valence electrons. The van der Waals surface area contributed by atoms with Crippen LogP contribution in [-0.4, -0.2) is 49.7 Å². The average molecular weight is 411 g/mol. The monoisotopic (exact) mass is 410 g/mol. The van der Waals surface area contributed by atoms with Crippen molar-refractivity contribution >= 4 is 17.5 Å². The number of aryl methyl sites for hydroxylation is 1. The highest BCUT2D eigenvalue weighted by atomic mass is 35.5. The van der Waals surface area contributed by atoms with Crippen molar-refractivity contribution < 1.29 is 4.79 Å². The van der Waals surface area contributed by atoms with Gasteiger partial charge in [-0.3, -0.25) is 14.7 Å². The van der Waals surface area contributed by atoms with E-state index in [1.807, 2.05) is 43.5 Å². The fraction of sp³-hybridized carbons (Fsp3) is 0.333. The maximum atomic E-state index is 12.6. The second-order valence-electron chi connectivity index (χ2n) is 7.22. The van der Waals surface area contributed by atoms with Gasteiger partial charge in [0.1, 0.15) is 5.82 Å². The Bertz CT molecular complexity index is 965. The Morgan fingerprint density at radius 2 is 1.93 bits per heavy atom. The third-order valence-corrected chi connectivity index (χ3v) is 5.33. The molecule has 8 heteroatoms.